The van der Waals surface area contributed by atoms with Crippen LogP contribution in [0.5, 0.6) is 0 Å². The summed E-state index contributed by atoms with van der Waals surface area (Å²) in [4.78, 5) is 20.0. The molecule has 2 rings (SSSR count). The van der Waals surface area contributed by atoms with Crippen molar-refractivity contribution in [3.05, 3.63) is 30.5 Å². The van der Waals surface area contributed by atoms with Gasteiger partial charge in [-0.3, -0.25) is 0 Å². The molecule has 0 radical (unpaired) electrons. The van der Waals surface area contributed by atoms with Crippen molar-refractivity contribution in [2.75, 3.05) is 17.3 Å². The third-order valence-electron chi connectivity index (χ3n) is 2.41. The van der Waals surface area contributed by atoms with E-state index in [-0.39, 0.29) is 0 Å². The zero-order valence-electron chi connectivity index (χ0n) is 10.3. The Labute approximate surface area is 114 Å². The molecule has 1 heterocycles. The van der Waals surface area contributed by atoms with E-state index < -0.39 is 6.03 Å². The number of nitrogens with zero attached hydrogens (tertiary/aromatic N) is 2. The SMILES string of the molecule is CSc1cnc(-c2ccc(NC(N)=O)cc2)nc1N. The van der Waals surface area contributed by atoms with Gasteiger partial charge >= 0.3 is 6.03 Å². The van der Waals surface area contributed by atoms with Crippen molar-refractivity contribution in [2.45, 2.75) is 4.90 Å². The average Bonchev–Trinajstić information content (AvgIpc) is 2.39. The van der Waals surface area contributed by atoms with Crippen LogP contribution in [0.25, 0.3) is 11.4 Å². The summed E-state index contributed by atoms with van der Waals surface area (Å²) in [6.45, 7) is 0. The fraction of sp³-hybridized carbons (Fsp3) is 0.0833. The Morgan fingerprint density at radius 2 is 2.00 bits per heavy atom. The molecule has 2 amide bonds. The second-order valence-corrected chi connectivity index (χ2v) is 4.56. The summed E-state index contributed by atoms with van der Waals surface area (Å²) in [6.07, 6.45) is 3.61. The number of nitrogens with one attached hydrogen (secondary N) is 1. The van der Waals surface area contributed by atoms with Crippen LogP contribution in [0.4, 0.5) is 16.3 Å². The highest BCUT2D eigenvalue weighted by Crippen LogP contribution is 2.24. The minimum absolute atomic E-state index is 0.455. The summed E-state index contributed by atoms with van der Waals surface area (Å²) in [5.74, 6) is 0.998. The Hall–Kier alpha value is -2.28. The average molecular weight is 275 g/mol. The fourth-order valence-electron chi connectivity index (χ4n) is 1.53. The molecular weight excluding hydrogens is 262 g/mol. The number of nitrogen functional groups attached to an aromatic ring is 1. The van der Waals surface area contributed by atoms with Gasteiger partial charge in [0.1, 0.15) is 5.82 Å². The third-order valence-corrected chi connectivity index (χ3v) is 3.17. The molecular formula is C12H13N5OS. The maximum Gasteiger partial charge on any atom is 0.316 e. The maximum absolute atomic E-state index is 10.7. The number of urea groups is 1. The number of hydrogen-bond donors (Lipinski definition) is 3. The molecule has 0 fully saturated rings. The van der Waals surface area contributed by atoms with Crippen molar-refractivity contribution >= 4 is 29.3 Å². The highest BCUT2D eigenvalue weighted by molar-refractivity contribution is 7.98. The van der Waals surface area contributed by atoms with Crippen LogP contribution in [0.1, 0.15) is 0 Å². The molecule has 0 aliphatic carbocycles. The number of carbonyl (C=O) groups is 1. The molecule has 5 N–H and O–H groups in total. The predicted octanol–water partition coefficient (Wildman–Crippen LogP) is 1.94. The van der Waals surface area contributed by atoms with Gasteiger partial charge in [0.25, 0.3) is 0 Å². The Bertz CT molecular complexity index is 600. The Morgan fingerprint density at radius 3 is 2.53 bits per heavy atom. The van der Waals surface area contributed by atoms with Crippen LogP contribution < -0.4 is 16.8 Å². The van der Waals surface area contributed by atoms with Gasteiger partial charge in [-0.1, -0.05) is 0 Å². The molecule has 0 aliphatic rings. The van der Waals surface area contributed by atoms with E-state index in [1.165, 1.54) is 11.8 Å². The summed E-state index contributed by atoms with van der Waals surface area (Å²) >= 11 is 1.50. The van der Waals surface area contributed by atoms with Crippen LogP contribution in [0.2, 0.25) is 0 Å². The lowest BCUT2D eigenvalue weighted by Crippen LogP contribution is -2.19. The summed E-state index contributed by atoms with van der Waals surface area (Å²) in [5, 5.41) is 2.48. The number of amides is 2. The molecule has 0 atom stereocenters. The monoisotopic (exact) mass is 275 g/mol. The maximum atomic E-state index is 10.7. The molecule has 0 saturated heterocycles. The predicted molar refractivity (Wildman–Crippen MR) is 76.9 cm³/mol. The molecule has 6 nitrogen and oxygen atoms in total. The second-order valence-electron chi connectivity index (χ2n) is 3.71. The van der Waals surface area contributed by atoms with E-state index >= 15 is 0 Å². The van der Waals surface area contributed by atoms with Crippen molar-refractivity contribution in [3.63, 3.8) is 0 Å². The first kappa shape index (κ1) is 13.2. The quantitative estimate of drug-likeness (QED) is 0.742. The van der Waals surface area contributed by atoms with Gasteiger partial charge in [0.2, 0.25) is 0 Å². The molecule has 98 valence electrons. The standard InChI is InChI=1S/C12H13N5OS/c1-19-9-6-15-11(17-10(9)13)7-2-4-8(5-3-7)16-12(14)18/h2-6H,1H3,(H2,13,15,17)(H3,14,16,18). The lowest BCUT2D eigenvalue weighted by molar-refractivity contribution is 0.259. The highest BCUT2D eigenvalue weighted by atomic mass is 32.2. The number of benzene rings is 1. The number of aromatic nitrogens is 2. The number of rotatable bonds is 3. The minimum atomic E-state index is -0.599. The number of primary amides is 1. The lowest BCUT2D eigenvalue weighted by atomic mass is 10.2. The van der Waals surface area contributed by atoms with Crippen molar-refractivity contribution in [3.8, 4) is 11.4 Å². The van der Waals surface area contributed by atoms with Crippen molar-refractivity contribution < 1.29 is 4.79 Å². The van der Waals surface area contributed by atoms with Crippen molar-refractivity contribution in [2.24, 2.45) is 5.73 Å². The summed E-state index contributed by atoms with van der Waals surface area (Å²) in [5.41, 5.74) is 12.3. The van der Waals surface area contributed by atoms with Gasteiger partial charge in [-0.25, -0.2) is 14.8 Å². The van der Waals surface area contributed by atoms with Gasteiger partial charge in [0.05, 0.1) is 4.90 Å². The molecule has 7 heteroatoms. The first-order valence-electron chi connectivity index (χ1n) is 5.43. The van der Waals surface area contributed by atoms with Gasteiger partial charge in [0.15, 0.2) is 5.82 Å². The topological polar surface area (TPSA) is 107 Å². The minimum Gasteiger partial charge on any atom is -0.383 e. The molecule has 0 unspecified atom stereocenters. The van der Waals surface area contributed by atoms with Gasteiger partial charge in [-0.15, -0.1) is 11.8 Å². The van der Waals surface area contributed by atoms with E-state index in [4.69, 9.17) is 11.5 Å². The first-order chi connectivity index (χ1) is 9.10. The van der Waals surface area contributed by atoms with Gasteiger partial charge < -0.3 is 16.8 Å². The molecule has 1 aromatic carbocycles. The molecule has 0 aliphatic heterocycles. The van der Waals surface area contributed by atoms with Gasteiger partial charge in [0, 0.05) is 17.4 Å². The molecule has 0 spiro atoms. The van der Waals surface area contributed by atoms with Crippen LogP contribution in [-0.2, 0) is 0 Å². The molecule has 2 aromatic rings. The van der Waals surface area contributed by atoms with Gasteiger partial charge in [-0.2, -0.15) is 0 Å². The van der Waals surface area contributed by atoms with Crippen molar-refractivity contribution in [1.29, 1.82) is 0 Å². The Morgan fingerprint density at radius 1 is 1.32 bits per heavy atom. The van der Waals surface area contributed by atoms with Gasteiger partial charge in [-0.05, 0) is 30.5 Å². The van der Waals surface area contributed by atoms with E-state index in [9.17, 15) is 4.79 Å². The smallest absolute Gasteiger partial charge is 0.316 e. The van der Waals surface area contributed by atoms with E-state index in [0.29, 0.717) is 17.3 Å². The number of anilines is 2. The first-order valence-corrected chi connectivity index (χ1v) is 6.66. The van der Waals surface area contributed by atoms with Crippen LogP contribution in [0.3, 0.4) is 0 Å². The Balaban J connectivity index is 2.27. The number of thioether (sulfide) groups is 1. The number of hydrogen-bond acceptors (Lipinski definition) is 5. The lowest BCUT2D eigenvalue weighted by Gasteiger charge is -2.06. The van der Waals surface area contributed by atoms with Crippen LogP contribution in [-0.4, -0.2) is 22.3 Å². The van der Waals surface area contributed by atoms with E-state index in [2.05, 4.69) is 15.3 Å². The van der Waals surface area contributed by atoms with E-state index in [1.54, 1.807) is 30.5 Å². The summed E-state index contributed by atoms with van der Waals surface area (Å²) in [7, 11) is 0. The number of nitrogens with two attached hydrogens (primary N) is 2. The van der Waals surface area contributed by atoms with E-state index in [0.717, 1.165) is 10.5 Å². The molecule has 0 saturated carbocycles. The second kappa shape index (κ2) is 5.57. The van der Waals surface area contributed by atoms with E-state index in [1.807, 2.05) is 6.26 Å². The van der Waals surface area contributed by atoms with Crippen LogP contribution >= 0.6 is 11.8 Å². The summed E-state index contributed by atoms with van der Waals surface area (Å²) in [6, 6.07) is 6.43. The van der Waals surface area contributed by atoms with Crippen LogP contribution in [0.15, 0.2) is 35.4 Å². The molecule has 1 aromatic heterocycles. The molecule has 0 bridgehead atoms. The summed E-state index contributed by atoms with van der Waals surface area (Å²) < 4.78 is 0. The third kappa shape index (κ3) is 3.14. The zero-order valence-corrected chi connectivity index (χ0v) is 11.1. The largest absolute Gasteiger partial charge is 0.383 e. The highest BCUT2D eigenvalue weighted by Gasteiger charge is 2.06. The van der Waals surface area contributed by atoms with Crippen LogP contribution in [0, 0.1) is 0 Å². The number of carbonyl (C=O) groups excluding carboxylic acids is 1. The molecule has 19 heavy (non-hydrogen) atoms. The zero-order chi connectivity index (χ0) is 13.8. The van der Waals surface area contributed by atoms with Crippen molar-refractivity contribution in [1.82, 2.24) is 9.97 Å². The Kier molecular flexibility index (Phi) is 3.86. The fourth-order valence-corrected chi connectivity index (χ4v) is 1.94. The normalized spacial score (nSPS) is 10.2.